The Hall–Kier alpha value is -2.27. The first-order valence-corrected chi connectivity index (χ1v) is 8.91. The minimum atomic E-state index is -3.62. The summed E-state index contributed by atoms with van der Waals surface area (Å²) in [6, 6.07) is 14.0. The van der Waals surface area contributed by atoms with Crippen LogP contribution in [0.15, 0.2) is 65.6 Å². The third kappa shape index (κ3) is 2.72. The fraction of sp³-hybridized carbons (Fsp3) is 0.222. The number of fused-ring (bicyclic) bond motifs is 1. The van der Waals surface area contributed by atoms with Gasteiger partial charge in [0.1, 0.15) is 5.75 Å². The van der Waals surface area contributed by atoms with Gasteiger partial charge >= 0.3 is 0 Å². The lowest BCUT2D eigenvalue weighted by molar-refractivity contribution is 0.414. The number of anilines is 1. The summed E-state index contributed by atoms with van der Waals surface area (Å²) in [4.78, 5) is 0.268. The zero-order valence-corrected chi connectivity index (χ0v) is 14.0. The van der Waals surface area contributed by atoms with E-state index in [-0.39, 0.29) is 10.9 Å². The molecule has 4 nitrogen and oxygen atoms in total. The van der Waals surface area contributed by atoms with Crippen LogP contribution in [0.1, 0.15) is 12.5 Å². The summed E-state index contributed by atoms with van der Waals surface area (Å²) in [6.45, 7) is 1.90. The largest absolute Gasteiger partial charge is 0.497 e. The molecule has 0 spiro atoms. The highest BCUT2D eigenvalue weighted by molar-refractivity contribution is 7.92. The number of allylic oxidation sites excluding steroid dienone is 1. The molecule has 0 fully saturated rings. The number of benzene rings is 2. The second-order valence-corrected chi connectivity index (χ2v) is 7.22. The van der Waals surface area contributed by atoms with Crippen molar-refractivity contribution in [3.05, 3.63) is 66.2 Å². The van der Waals surface area contributed by atoms with E-state index in [1.165, 1.54) is 4.31 Å². The molecule has 1 aliphatic heterocycles. The van der Waals surface area contributed by atoms with E-state index in [1.54, 1.807) is 31.4 Å². The van der Waals surface area contributed by atoms with E-state index in [1.807, 2.05) is 43.3 Å². The Bertz CT molecular complexity index is 826. The number of nitrogens with zero attached hydrogens (tertiary/aromatic N) is 1. The summed E-state index contributed by atoms with van der Waals surface area (Å²) in [6.07, 6.45) is 4.52. The Morgan fingerprint density at radius 1 is 1.13 bits per heavy atom. The number of hydrogen-bond acceptors (Lipinski definition) is 3. The van der Waals surface area contributed by atoms with Gasteiger partial charge in [-0.2, -0.15) is 0 Å². The summed E-state index contributed by atoms with van der Waals surface area (Å²) in [7, 11) is -2.06. The zero-order valence-electron chi connectivity index (χ0n) is 13.1. The lowest BCUT2D eigenvalue weighted by Crippen LogP contribution is -2.36. The average Bonchev–Trinajstić information content (AvgIpc) is 2.94. The number of sulfonamides is 1. The van der Waals surface area contributed by atoms with E-state index in [0.717, 1.165) is 11.3 Å². The van der Waals surface area contributed by atoms with Crippen molar-refractivity contribution in [3.8, 4) is 5.75 Å². The van der Waals surface area contributed by atoms with Crippen molar-refractivity contribution in [2.24, 2.45) is 0 Å². The monoisotopic (exact) mass is 329 g/mol. The minimum absolute atomic E-state index is 0.190. The summed E-state index contributed by atoms with van der Waals surface area (Å²) < 4.78 is 32.9. The smallest absolute Gasteiger partial charge is 0.264 e. The molecule has 0 amide bonds. The van der Waals surface area contributed by atoms with Gasteiger partial charge in [-0.15, -0.1) is 0 Å². The van der Waals surface area contributed by atoms with Crippen molar-refractivity contribution in [1.82, 2.24) is 0 Å². The van der Waals surface area contributed by atoms with E-state index in [2.05, 4.69) is 0 Å². The van der Waals surface area contributed by atoms with Crippen molar-refractivity contribution in [3.63, 3.8) is 0 Å². The second-order valence-electron chi connectivity index (χ2n) is 5.40. The number of methoxy groups -OCH3 is 1. The highest BCUT2D eigenvalue weighted by Crippen LogP contribution is 2.37. The third-order valence-electron chi connectivity index (χ3n) is 3.99. The van der Waals surface area contributed by atoms with Crippen LogP contribution in [0, 0.1) is 0 Å². The molecule has 2 aromatic carbocycles. The van der Waals surface area contributed by atoms with E-state index in [9.17, 15) is 8.42 Å². The van der Waals surface area contributed by atoms with E-state index in [4.69, 9.17) is 4.74 Å². The van der Waals surface area contributed by atoms with Crippen LogP contribution in [0.3, 0.4) is 0 Å². The topological polar surface area (TPSA) is 46.6 Å². The highest BCUT2D eigenvalue weighted by atomic mass is 32.2. The SMILES string of the molecule is C/C=C/[C@H]1Cc2ccccc2N1S(=O)(=O)c1ccc(OC)cc1. The van der Waals surface area contributed by atoms with E-state index >= 15 is 0 Å². The van der Waals surface area contributed by atoms with Crippen molar-refractivity contribution in [2.45, 2.75) is 24.3 Å². The predicted molar refractivity (Wildman–Crippen MR) is 91.4 cm³/mol. The van der Waals surface area contributed by atoms with Gasteiger partial charge in [-0.1, -0.05) is 30.4 Å². The van der Waals surface area contributed by atoms with Crippen molar-refractivity contribution in [2.75, 3.05) is 11.4 Å². The molecule has 5 heteroatoms. The molecule has 3 rings (SSSR count). The quantitative estimate of drug-likeness (QED) is 0.808. The van der Waals surface area contributed by atoms with E-state index < -0.39 is 10.0 Å². The van der Waals surface area contributed by atoms with Gasteiger partial charge in [-0.25, -0.2) is 8.42 Å². The van der Waals surface area contributed by atoms with Crippen LogP contribution in [0.4, 0.5) is 5.69 Å². The Morgan fingerprint density at radius 3 is 2.48 bits per heavy atom. The predicted octanol–water partition coefficient (Wildman–Crippen LogP) is 3.39. The summed E-state index contributed by atoms with van der Waals surface area (Å²) in [5.41, 5.74) is 1.80. The standard InChI is InChI=1S/C18H19NO3S/c1-3-6-15-13-14-7-4-5-8-18(14)19(15)23(20,21)17-11-9-16(22-2)10-12-17/h3-12,15H,13H2,1-2H3/b6-3+/t15-/m0/s1. The van der Waals surface area contributed by atoms with Gasteiger partial charge in [0.2, 0.25) is 0 Å². The number of rotatable bonds is 4. The summed E-state index contributed by atoms with van der Waals surface area (Å²) in [5, 5.41) is 0. The number of hydrogen-bond donors (Lipinski definition) is 0. The fourth-order valence-corrected chi connectivity index (χ4v) is 4.57. The molecule has 0 radical (unpaired) electrons. The molecule has 0 bridgehead atoms. The van der Waals surface area contributed by atoms with Gasteiger partial charge in [0.15, 0.2) is 0 Å². The molecule has 120 valence electrons. The molecule has 0 unspecified atom stereocenters. The van der Waals surface area contributed by atoms with Crippen LogP contribution in [0.2, 0.25) is 0 Å². The molecule has 1 aliphatic rings. The van der Waals surface area contributed by atoms with Crippen LogP contribution in [0.25, 0.3) is 0 Å². The lowest BCUT2D eigenvalue weighted by atomic mass is 10.1. The summed E-state index contributed by atoms with van der Waals surface area (Å²) >= 11 is 0. The van der Waals surface area contributed by atoms with Crippen LogP contribution in [-0.2, 0) is 16.4 Å². The Morgan fingerprint density at radius 2 is 1.83 bits per heavy atom. The van der Waals surface area contributed by atoms with Crippen molar-refractivity contribution < 1.29 is 13.2 Å². The maximum absolute atomic E-state index is 13.1. The van der Waals surface area contributed by atoms with Crippen LogP contribution >= 0.6 is 0 Å². The Balaban J connectivity index is 2.08. The lowest BCUT2D eigenvalue weighted by Gasteiger charge is -2.25. The molecule has 1 atom stereocenters. The first kappa shape index (κ1) is 15.6. The third-order valence-corrected chi connectivity index (χ3v) is 5.84. The van der Waals surface area contributed by atoms with Gasteiger partial charge in [0.25, 0.3) is 10.0 Å². The average molecular weight is 329 g/mol. The van der Waals surface area contributed by atoms with E-state index in [0.29, 0.717) is 12.2 Å². The molecular weight excluding hydrogens is 310 g/mol. The fourth-order valence-electron chi connectivity index (χ4n) is 2.92. The Kier molecular flexibility index (Phi) is 4.13. The molecule has 0 saturated carbocycles. The first-order chi connectivity index (χ1) is 11.1. The molecule has 0 aromatic heterocycles. The maximum atomic E-state index is 13.1. The van der Waals surface area contributed by atoms with Crippen molar-refractivity contribution in [1.29, 1.82) is 0 Å². The molecular formula is C18H19NO3S. The molecule has 0 saturated heterocycles. The number of para-hydroxylation sites is 1. The zero-order chi connectivity index (χ0) is 16.4. The first-order valence-electron chi connectivity index (χ1n) is 7.47. The minimum Gasteiger partial charge on any atom is -0.497 e. The van der Waals surface area contributed by atoms with Crippen LogP contribution in [0.5, 0.6) is 5.75 Å². The highest BCUT2D eigenvalue weighted by Gasteiger charge is 2.36. The molecule has 1 heterocycles. The normalized spacial score (nSPS) is 17.5. The van der Waals surface area contributed by atoms with Crippen molar-refractivity contribution >= 4 is 15.7 Å². The maximum Gasteiger partial charge on any atom is 0.264 e. The van der Waals surface area contributed by atoms with Gasteiger partial charge in [-0.05, 0) is 49.2 Å². The summed E-state index contributed by atoms with van der Waals surface area (Å²) in [5.74, 6) is 0.635. The van der Waals surface area contributed by atoms with Gasteiger partial charge < -0.3 is 4.74 Å². The number of ether oxygens (including phenoxy) is 1. The van der Waals surface area contributed by atoms with Gasteiger partial charge in [0, 0.05) is 0 Å². The molecule has 2 aromatic rings. The van der Waals surface area contributed by atoms with Crippen LogP contribution in [-0.4, -0.2) is 21.6 Å². The van der Waals surface area contributed by atoms with Gasteiger partial charge in [0.05, 0.1) is 23.7 Å². The molecule has 0 N–H and O–H groups in total. The second kappa shape index (κ2) is 6.08. The molecule has 23 heavy (non-hydrogen) atoms. The van der Waals surface area contributed by atoms with Gasteiger partial charge in [-0.3, -0.25) is 4.31 Å². The molecule has 0 aliphatic carbocycles. The Labute approximate surface area is 137 Å². The van der Waals surface area contributed by atoms with Crippen LogP contribution < -0.4 is 9.04 Å².